The van der Waals surface area contributed by atoms with Crippen LogP contribution in [-0.4, -0.2) is 15.6 Å². The van der Waals surface area contributed by atoms with Gasteiger partial charge >= 0.3 is 0 Å². The van der Waals surface area contributed by atoms with Crippen LogP contribution in [0, 0.1) is 6.92 Å². The number of hydrogen-bond acceptors (Lipinski definition) is 2. The standard InChI is InChI=1S/C13H20N2O/c1-5-12-9(3)15(8(2)10(4)16)14-13(12)11-6-7-11/h8,11H,5-7H2,1-4H3. The van der Waals surface area contributed by atoms with Crippen LogP contribution in [0.3, 0.4) is 0 Å². The van der Waals surface area contributed by atoms with Gasteiger partial charge in [0.15, 0.2) is 5.78 Å². The number of hydrogen-bond donors (Lipinski definition) is 0. The van der Waals surface area contributed by atoms with Gasteiger partial charge < -0.3 is 0 Å². The second-order valence-corrected chi connectivity index (χ2v) is 4.81. The summed E-state index contributed by atoms with van der Waals surface area (Å²) in [5.74, 6) is 0.838. The molecule has 1 atom stereocenters. The Hall–Kier alpha value is -1.12. The number of nitrogens with zero attached hydrogens (tertiary/aromatic N) is 2. The van der Waals surface area contributed by atoms with E-state index in [4.69, 9.17) is 0 Å². The van der Waals surface area contributed by atoms with Gasteiger partial charge in [-0.2, -0.15) is 5.10 Å². The normalized spacial score (nSPS) is 17.5. The molecule has 1 saturated carbocycles. The van der Waals surface area contributed by atoms with E-state index in [0.29, 0.717) is 5.92 Å². The Labute approximate surface area is 96.8 Å². The molecule has 0 aromatic carbocycles. The molecule has 0 N–H and O–H groups in total. The van der Waals surface area contributed by atoms with E-state index in [1.165, 1.54) is 29.8 Å². The number of ketones is 1. The van der Waals surface area contributed by atoms with Gasteiger partial charge in [0.05, 0.1) is 5.69 Å². The molecular weight excluding hydrogens is 200 g/mol. The third-order valence-electron chi connectivity index (χ3n) is 3.58. The summed E-state index contributed by atoms with van der Waals surface area (Å²) in [4.78, 5) is 11.4. The maximum absolute atomic E-state index is 11.4. The average molecular weight is 220 g/mol. The van der Waals surface area contributed by atoms with Gasteiger partial charge in [0.2, 0.25) is 0 Å². The lowest BCUT2D eigenvalue weighted by Gasteiger charge is -2.10. The molecule has 3 nitrogen and oxygen atoms in total. The highest BCUT2D eigenvalue weighted by molar-refractivity contribution is 5.79. The van der Waals surface area contributed by atoms with E-state index in [9.17, 15) is 4.79 Å². The summed E-state index contributed by atoms with van der Waals surface area (Å²) in [5.41, 5.74) is 3.77. The fraction of sp³-hybridized carbons (Fsp3) is 0.692. The third kappa shape index (κ3) is 1.79. The monoisotopic (exact) mass is 220 g/mol. The largest absolute Gasteiger partial charge is 0.298 e. The Morgan fingerprint density at radius 2 is 2.19 bits per heavy atom. The summed E-state index contributed by atoms with van der Waals surface area (Å²) in [5, 5.41) is 4.66. The minimum absolute atomic E-state index is 0.127. The molecule has 3 heteroatoms. The molecule has 1 heterocycles. The van der Waals surface area contributed by atoms with Crippen molar-refractivity contribution in [1.82, 2.24) is 9.78 Å². The quantitative estimate of drug-likeness (QED) is 0.782. The van der Waals surface area contributed by atoms with Gasteiger partial charge in [-0.15, -0.1) is 0 Å². The first-order chi connectivity index (χ1) is 7.56. The summed E-state index contributed by atoms with van der Waals surface area (Å²) in [6.07, 6.45) is 3.54. The summed E-state index contributed by atoms with van der Waals surface area (Å²) in [6.45, 7) is 7.81. The topological polar surface area (TPSA) is 34.9 Å². The predicted octanol–water partition coefficient (Wildman–Crippen LogP) is 2.78. The van der Waals surface area contributed by atoms with Crippen LogP contribution in [-0.2, 0) is 11.2 Å². The summed E-state index contributed by atoms with van der Waals surface area (Å²) < 4.78 is 1.91. The summed E-state index contributed by atoms with van der Waals surface area (Å²) in [7, 11) is 0. The fourth-order valence-electron chi connectivity index (χ4n) is 2.25. The maximum atomic E-state index is 11.4. The van der Waals surface area contributed by atoms with Gasteiger partial charge in [0.25, 0.3) is 0 Å². The molecule has 0 saturated heterocycles. The lowest BCUT2D eigenvalue weighted by molar-refractivity contribution is -0.119. The van der Waals surface area contributed by atoms with Crippen molar-refractivity contribution in [3.05, 3.63) is 17.0 Å². The maximum Gasteiger partial charge on any atom is 0.154 e. The van der Waals surface area contributed by atoms with E-state index in [-0.39, 0.29) is 11.8 Å². The van der Waals surface area contributed by atoms with Gasteiger partial charge in [0, 0.05) is 11.6 Å². The van der Waals surface area contributed by atoms with Crippen LogP contribution in [0.4, 0.5) is 0 Å². The van der Waals surface area contributed by atoms with E-state index in [1.54, 1.807) is 6.92 Å². The number of carbonyl (C=O) groups excluding carboxylic acids is 1. The molecule has 16 heavy (non-hydrogen) atoms. The average Bonchev–Trinajstić information content (AvgIpc) is 3.02. The third-order valence-corrected chi connectivity index (χ3v) is 3.58. The molecule has 0 amide bonds. The lowest BCUT2D eigenvalue weighted by atomic mass is 10.1. The van der Waals surface area contributed by atoms with E-state index in [0.717, 1.165) is 6.42 Å². The highest BCUT2D eigenvalue weighted by Gasteiger charge is 2.31. The highest BCUT2D eigenvalue weighted by atomic mass is 16.1. The second-order valence-electron chi connectivity index (χ2n) is 4.81. The zero-order chi connectivity index (χ0) is 11.9. The van der Waals surface area contributed by atoms with Gasteiger partial charge in [-0.1, -0.05) is 6.92 Å². The van der Waals surface area contributed by atoms with Crippen molar-refractivity contribution in [2.24, 2.45) is 0 Å². The first-order valence-corrected chi connectivity index (χ1v) is 6.14. The molecule has 0 radical (unpaired) electrons. The highest BCUT2D eigenvalue weighted by Crippen LogP contribution is 2.42. The van der Waals surface area contributed by atoms with Gasteiger partial charge in [-0.3, -0.25) is 9.48 Å². The van der Waals surface area contributed by atoms with Crippen LogP contribution < -0.4 is 0 Å². The molecule has 0 bridgehead atoms. The Bertz CT molecular complexity index is 416. The van der Waals surface area contributed by atoms with Gasteiger partial charge in [0.1, 0.15) is 6.04 Å². The van der Waals surface area contributed by atoms with Crippen LogP contribution in [0.1, 0.15) is 62.5 Å². The van der Waals surface area contributed by atoms with Crippen LogP contribution in [0.15, 0.2) is 0 Å². The first kappa shape index (κ1) is 11.4. The summed E-state index contributed by atoms with van der Waals surface area (Å²) >= 11 is 0. The first-order valence-electron chi connectivity index (χ1n) is 6.14. The van der Waals surface area contributed by atoms with Crippen LogP contribution >= 0.6 is 0 Å². The van der Waals surface area contributed by atoms with Crippen LogP contribution in [0.5, 0.6) is 0 Å². The molecule has 1 aliphatic carbocycles. The number of Topliss-reactive ketones (excluding diaryl/α,β-unsaturated/α-hetero) is 1. The Balaban J connectivity index is 2.42. The minimum atomic E-state index is -0.127. The number of aromatic nitrogens is 2. The van der Waals surface area contributed by atoms with Crippen molar-refractivity contribution in [3.63, 3.8) is 0 Å². The van der Waals surface area contributed by atoms with E-state index in [2.05, 4.69) is 18.9 Å². The molecule has 1 aromatic rings. The molecular formula is C13H20N2O. The van der Waals surface area contributed by atoms with Crippen LogP contribution in [0.2, 0.25) is 0 Å². The van der Waals surface area contributed by atoms with E-state index < -0.39 is 0 Å². The second kappa shape index (κ2) is 4.04. The predicted molar refractivity (Wildman–Crippen MR) is 63.7 cm³/mol. The van der Waals surface area contributed by atoms with Gasteiger partial charge in [-0.25, -0.2) is 0 Å². The number of rotatable bonds is 4. The Morgan fingerprint density at radius 3 is 2.62 bits per heavy atom. The van der Waals surface area contributed by atoms with Crippen molar-refractivity contribution >= 4 is 5.78 Å². The molecule has 2 rings (SSSR count). The molecule has 1 aliphatic rings. The van der Waals surface area contributed by atoms with Crippen molar-refractivity contribution in [2.75, 3.05) is 0 Å². The molecule has 0 aliphatic heterocycles. The van der Waals surface area contributed by atoms with Crippen molar-refractivity contribution < 1.29 is 4.79 Å². The van der Waals surface area contributed by atoms with E-state index in [1.807, 2.05) is 11.6 Å². The molecule has 1 unspecified atom stereocenters. The number of carbonyl (C=O) groups is 1. The fourth-order valence-corrected chi connectivity index (χ4v) is 2.25. The van der Waals surface area contributed by atoms with E-state index >= 15 is 0 Å². The molecule has 1 aromatic heterocycles. The van der Waals surface area contributed by atoms with Crippen molar-refractivity contribution in [3.8, 4) is 0 Å². The lowest BCUT2D eigenvalue weighted by Crippen LogP contribution is -2.16. The van der Waals surface area contributed by atoms with Gasteiger partial charge in [-0.05, 0) is 45.6 Å². The van der Waals surface area contributed by atoms with Crippen LogP contribution in [0.25, 0.3) is 0 Å². The molecule has 88 valence electrons. The van der Waals surface area contributed by atoms with Crippen molar-refractivity contribution in [1.29, 1.82) is 0 Å². The molecule has 1 fully saturated rings. The molecule has 0 spiro atoms. The van der Waals surface area contributed by atoms with Crippen molar-refractivity contribution in [2.45, 2.75) is 58.9 Å². The smallest absolute Gasteiger partial charge is 0.154 e. The minimum Gasteiger partial charge on any atom is -0.298 e. The Morgan fingerprint density at radius 1 is 1.56 bits per heavy atom. The SMILES string of the molecule is CCc1c(C2CC2)nn(C(C)C(C)=O)c1C. The Kier molecular flexibility index (Phi) is 2.87. The zero-order valence-corrected chi connectivity index (χ0v) is 10.6. The zero-order valence-electron chi connectivity index (χ0n) is 10.6. The summed E-state index contributed by atoms with van der Waals surface area (Å²) in [6, 6.07) is -0.127.